The molecule has 1 aromatic rings. The van der Waals surface area contributed by atoms with Crippen LogP contribution >= 0.6 is 0 Å². The van der Waals surface area contributed by atoms with Gasteiger partial charge in [0.15, 0.2) is 11.6 Å². The third-order valence-electron chi connectivity index (χ3n) is 3.51. The topological polar surface area (TPSA) is 23.5 Å². The molecule has 1 atom stereocenters. The van der Waals surface area contributed by atoms with Crippen LogP contribution in [-0.2, 0) is 0 Å². The van der Waals surface area contributed by atoms with Crippen LogP contribution in [0.1, 0.15) is 39.4 Å². The van der Waals surface area contributed by atoms with Crippen LogP contribution in [0.5, 0.6) is 0 Å². The molecule has 1 aromatic carbocycles. The molecule has 0 heterocycles. The molecule has 0 spiro atoms. The highest BCUT2D eigenvalue weighted by Crippen LogP contribution is 2.31. The highest BCUT2D eigenvalue weighted by molar-refractivity contribution is 5.22. The van der Waals surface area contributed by atoms with Gasteiger partial charge in [-0.15, -0.1) is 0 Å². The molecule has 102 valence electrons. The van der Waals surface area contributed by atoms with Gasteiger partial charge >= 0.3 is 0 Å². The minimum absolute atomic E-state index is 0.394. The SMILES string of the molecule is CCN(CC)C(C)(C)C(O)c1ccc(F)c(F)c1. The summed E-state index contributed by atoms with van der Waals surface area (Å²) in [4.78, 5) is 2.08. The standard InChI is InChI=1S/C14H21F2NO/c1-5-17(6-2)14(3,4)13(18)10-7-8-11(15)12(16)9-10/h7-9,13,18H,5-6H2,1-4H3. The number of hydrogen-bond acceptors (Lipinski definition) is 2. The summed E-state index contributed by atoms with van der Waals surface area (Å²) in [5, 5.41) is 10.4. The summed E-state index contributed by atoms with van der Waals surface area (Å²) >= 11 is 0. The highest BCUT2D eigenvalue weighted by atomic mass is 19.2. The Kier molecular flexibility index (Phi) is 4.82. The maximum Gasteiger partial charge on any atom is 0.159 e. The van der Waals surface area contributed by atoms with Gasteiger partial charge in [0.25, 0.3) is 0 Å². The summed E-state index contributed by atoms with van der Waals surface area (Å²) in [5.41, 5.74) is -0.140. The Labute approximate surface area is 107 Å². The molecule has 0 aliphatic carbocycles. The zero-order chi connectivity index (χ0) is 13.9. The van der Waals surface area contributed by atoms with Crippen LogP contribution in [0.4, 0.5) is 8.78 Å². The van der Waals surface area contributed by atoms with E-state index in [0.717, 1.165) is 25.2 Å². The Morgan fingerprint density at radius 3 is 2.17 bits per heavy atom. The van der Waals surface area contributed by atoms with Gasteiger partial charge in [-0.05, 0) is 44.6 Å². The molecule has 0 aromatic heterocycles. The number of benzene rings is 1. The summed E-state index contributed by atoms with van der Waals surface area (Å²) in [6.07, 6.45) is -0.868. The normalized spacial score (nSPS) is 14.0. The lowest BCUT2D eigenvalue weighted by atomic mass is 9.89. The van der Waals surface area contributed by atoms with Crippen LogP contribution in [-0.4, -0.2) is 28.6 Å². The predicted octanol–water partition coefficient (Wildman–Crippen LogP) is 3.12. The molecule has 1 unspecified atom stereocenters. The van der Waals surface area contributed by atoms with Gasteiger partial charge in [-0.1, -0.05) is 19.9 Å². The van der Waals surface area contributed by atoms with Crippen LogP contribution in [0.25, 0.3) is 0 Å². The van der Waals surface area contributed by atoms with Crippen molar-refractivity contribution in [3.8, 4) is 0 Å². The second-order valence-corrected chi connectivity index (χ2v) is 4.90. The first kappa shape index (κ1) is 15.1. The molecule has 18 heavy (non-hydrogen) atoms. The van der Waals surface area contributed by atoms with Crippen molar-refractivity contribution >= 4 is 0 Å². The van der Waals surface area contributed by atoms with E-state index < -0.39 is 23.3 Å². The van der Waals surface area contributed by atoms with Crippen molar-refractivity contribution in [3.63, 3.8) is 0 Å². The van der Waals surface area contributed by atoms with Gasteiger partial charge in [0.05, 0.1) is 6.10 Å². The van der Waals surface area contributed by atoms with Gasteiger partial charge in [0, 0.05) is 5.54 Å². The lowest BCUT2D eigenvalue weighted by Crippen LogP contribution is -2.48. The first-order valence-electron chi connectivity index (χ1n) is 6.22. The first-order chi connectivity index (χ1) is 8.34. The van der Waals surface area contributed by atoms with Crippen molar-refractivity contribution in [2.45, 2.75) is 39.3 Å². The zero-order valence-corrected chi connectivity index (χ0v) is 11.4. The summed E-state index contributed by atoms with van der Waals surface area (Å²) in [6.45, 7) is 9.36. The third-order valence-corrected chi connectivity index (χ3v) is 3.51. The maximum absolute atomic E-state index is 13.2. The van der Waals surface area contributed by atoms with Gasteiger partial charge in [0.1, 0.15) is 0 Å². The second-order valence-electron chi connectivity index (χ2n) is 4.90. The molecule has 0 bridgehead atoms. The lowest BCUT2D eigenvalue weighted by Gasteiger charge is -2.41. The minimum atomic E-state index is -0.929. The second kappa shape index (κ2) is 5.76. The molecule has 0 aliphatic rings. The maximum atomic E-state index is 13.2. The number of aliphatic hydroxyl groups is 1. The van der Waals surface area contributed by atoms with Crippen molar-refractivity contribution in [1.82, 2.24) is 4.90 Å². The van der Waals surface area contributed by atoms with E-state index in [2.05, 4.69) is 4.90 Å². The smallest absolute Gasteiger partial charge is 0.159 e. The monoisotopic (exact) mass is 257 g/mol. The molecule has 4 heteroatoms. The summed E-state index contributed by atoms with van der Waals surface area (Å²) in [6, 6.07) is 3.53. The fourth-order valence-electron chi connectivity index (χ4n) is 2.30. The van der Waals surface area contributed by atoms with Gasteiger partial charge in [-0.25, -0.2) is 8.78 Å². The molecule has 1 N–H and O–H groups in total. The Hall–Kier alpha value is -1.00. The molecule has 0 saturated carbocycles. The number of likely N-dealkylation sites (N-methyl/N-ethyl adjacent to an activating group) is 1. The van der Waals surface area contributed by atoms with Crippen LogP contribution in [0, 0.1) is 11.6 Å². The van der Waals surface area contributed by atoms with Gasteiger partial charge < -0.3 is 5.11 Å². The molecule has 2 nitrogen and oxygen atoms in total. The summed E-state index contributed by atoms with van der Waals surface area (Å²) in [5.74, 6) is -1.83. The van der Waals surface area contributed by atoms with Gasteiger partial charge in [-0.2, -0.15) is 0 Å². The molecule has 0 aliphatic heterocycles. The molecule has 0 radical (unpaired) electrons. The van der Waals surface area contributed by atoms with Crippen molar-refractivity contribution in [2.24, 2.45) is 0 Å². The molecular weight excluding hydrogens is 236 g/mol. The van der Waals surface area contributed by atoms with E-state index in [-0.39, 0.29) is 0 Å². The Bertz CT molecular complexity index is 403. The lowest BCUT2D eigenvalue weighted by molar-refractivity contribution is -0.00646. The largest absolute Gasteiger partial charge is 0.386 e. The van der Waals surface area contributed by atoms with E-state index in [0.29, 0.717) is 5.56 Å². The summed E-state index contributed by atoms with van der Waals surface area (Å²) < 4.78 is 26.1. The van der Waals surface area contributed by atoms with Crippen LogP contribution in [0.2, 0.25) is 0 Å². The third kappa shape index (κ3) is 2.87. The van der Waals surface area contributed by atoms with E-state index in [1.54, 1.807) is 0 Å². The van der Waals surface area contributed by atoms with E-state index in [1.807, 2.05) is 27.7 Å². The van der Waals surface area contributed by atoms with Crippen molar-refractivity contribution < 1.29 is 13.9 Å². The highest BCUT2D eigenvalue weighted by Gasteiger charge is 2.34. The molecule has 1 rings (SSSR count). The Balaban J connectivity index is 3.04. The molecular formula is C14H21F2NO. The number of hydrogen-bond donors (Lipinski definition) is 1. The number of aliphatic hydroxyl groups excluding tert-OH is 1. The first-order valence-corrected chi connectivity index (χ1v) is 6.22. The number of rotatable bonds is 5. The minimum Gasteiger partial charge on any atom is -0.386 e. The van der Waals surface area contributed by atoms with Crippen LogP contribution in [0.15, 0.2) is 18.2 Å². The fraction of sp³-hybridized carbons (Fsp3) is 0.571. The fourth-order valence-corrected chi connectivity index (χ4v) is 2.30. The van der Waals surface area contributed by atoms with E-state index in [9.17, 15) is 13.9 Å². The van der Waals surface area contributed by atoms with Crippen LogP contribution < -0.4 is 0 Å². The van der Waals surface area contributed by atoms with Crippen LogP contribution in [0.3, 0.4) is 0 Å². The van der Waals surface area contributed by atoms with Gasteiger partial charge in [0.2, 0.25) is 0 Å². The molecule has 0 fully saturated rings. The molecule has 0 saturated heterocycles. The average molecular weight is 257 g/mol. The average Bonchev–Trinajstić information content (AvgIpc) is 2.33. The van der Waals surface area contributed by atoms with E-state index in [4.69, 9.17) is 0 Å². The van der Waals surface area contributed by atoms with Crippen molar-refractivity contribution in [3.05, 3.63) is 35.4 Å². The molecule has 0 amide bonds. The van der Waals surface area contributed by atoms with Gasteiger partial charge in [-0.3, -0.25) is 4.90 Å². The number of halogens is 2. The van der Waals surface area contributed by atoms with E-state index >= 15 is 0 Å². The van der Waals surface area contributed by atoms with E-state index in [1.165, 1.54) is 6.07 Å². The predicted molar refractivity (Wildman–Crippen MR) is 68.3 cm³/mol. The van der Waals surface area contributed by atoms with Crippen molar-refractivity contribution in [1.29, 1.82) is 0 Å². The summed E-state index contributed by atoms with van der Waals surface area (Å²) in [7, 11) is 0. The zero-order valence-electron chi connectivity index (χ0n) is 11.4. The number of nitrogens with zero attached hydrogens (tertiary/aromatic N) is 1. The Morgan fingerprint density at radius 1 is 1.17 bits per heavy atom. The van der Waals surface area contributed by atoms with Crippen molar-refractivity contribution in [2.75, 3.05) is 13.1 Å². The Morgan fingerprint density at radius 2 is 1.72 bits per heavy atom. The quantitative estimate of drug-likeness (QED) is 0.876.